The van der Waals surface area contributed by atoms with Crippen molar-refractivity contribution in [3.05, 3.63) is 87.4 Å². The molecule has 1 amide bonds. The fourth-order valence-corrected chi connectivity index (χ4v) is 2.95. The van der Waals surface area contributed by atoms with Crippen LogP contribution in [0.4, 0.5) is 5.69 Å². The summed E-state index contributed by atoms with van der Waals surface area (Å²) in [5.41, 5.74) is 1.63. The van der Waals surface area contributed by atoms with Crippen molar-refractivity contribution in [3.8, 4) is 11.5 Å². The quantitative estimate of drug-likeness (QED) is 0.422. The first-order valence-corrected chi connectivity index (χ1v) is 9.63. The first-order chi connectivity index (χ1) is 13.9. The van der Waals surface area contributed by atoms with Crippen molar-refractivity contribution in [2.75, 3.05) is 5.32 Å². The number of benzene rings is 3. The van der Waals surface area contributed by atoms with E-state index in [-0.39, 0.29) is 26.9 Å². The first kappa shape index (κ1) is 21.0. The van der Waals surface area contributed by atoms with Crippen LogP contribution in [-0.2, 0) is 5.88 Å². The number of ether oxygens (including phenoxy) is 1. The summed E-state index contributed by atoms with van der Waals surface area (Å²) in [6.07, 6.45) is 0. The number of carbonyl (C=O) groups excluding carboxylic acids is 1. The Morgan fingerprint density at radius 1 is 0.931 bits per heavy atom. The minimum atomic E-state index is -1.05. The summed E-state index contributed by atoms with van der Waals surface area (Å²) in [6, 6.07) is 15.7. The highest BCUT2D eigenvalue weighted by Gasteiger charge is 2.17. The summed E-state index contributed by atoms with van der Waals surface area (Å²) in [5.74, 6) is -0.446. The van der Waals surface area contributed by atoms with Gasteiger partial charge in [-0.15, -0.1) is 11.6 Å². The Hall–Kier alpha value is -2.73. The van der Waals surface area contributed by atoms with E-state index in [0.29, 0.717) is 17.3 Å². The predicted octanol–water partition coefficient (Wildman–Crippen LogP) is 6.48. The highest BCUT2D eigenvalue weighted by molar-refractivity contribution is 6.42. The van der Waals surface area contributed by atoms with Crippen molar-refractivity contribution < 1.29 is 19.4 Å². The Bertz CT molecular complexity index is 1050. The maximum absolute atomic E-state index is 12.8. The van der Waals surface area contributed by atoms with Crippen LogP contribution in [0.15, 0.2) is 60.7 Å². The zero-order valence-corrected chi connectivity index (χ0v) is 17.1. The van der Waals surface area contributed by atoms with Gasteiger partial charge in [0, 0.05) is 17.6 Å². The molecule has 3 aromatic rings. The smallest absolute Gasteiger partial charge is 0.335 e. The molecule has 0 heterocycles. The van der Waals surface area contributed by atoms with Crippen molar-refractivity contribution in [1.82, 2.24) is 0 Å². The van der Waals surface area contributed by atoms with E-state index >= 15 is 0 Å². The van der Waals surface area contributed by atoms with Crippen molar-refractivity contribution in [3.63, 3.8) is 0 Å². The Kier molecular flexibility index (Phi) is 6.64. The largest absolute Gasteiger partial charge is 0.478 e. The highest BCUT2D eigenvalue weighted by Crippen LogP contribution is 2.34. The number of hydrogen-bond donors (Lipinski definition) is 2. The van der Waals surface area contributed by atoms with Gasteiger partial charge in [0.05, 0.1) is 21.2 Å². The number of hydrogen-bond acceptors (Lipinski definition) is 3. The molecule has 0 spiro atoms. The predicted molar refractivity (Wildman–Crippen MR) is 114 cm³/mol. The van der Waals surface area contributed by atoms with E-state index < -0.39 is 11.9 Å². The molecule has 2 N–H and O–H groups in total. The third-order valence-corrected chi connectivity index (χ3v) is 4.99. The molecule has 0 bridgehead atoms. The molecule has 148 valence electrons. The fourth-order valence-electron chi connectivity index (χ4n) is 2.46. The number of halogens is 3. The van der Waals surface area contributed by atoms with E-state index in [4.69, 9.17) is 44.6 Å². The summed E-state index contributed by atoms with van der Waals surface area (Å²) in [6.45, 7) is 0. The zero-order chi connectivity index (χ0) is 21.0. The lowest BCUT2D eigenvalue weighted by atomic mass is 10.1. The molecule has 0 unspecified atom stereocenters. The lowest BCUT2D eigenvalue weighted by Crippen LogP contribution is -2.13. The van der Waals surface area contributed by atoms with Gasteiger partial charge in [0.15, 0.2) is 0 Å². The minimum Gasteiger partial charge on any atom is -0.478 e. The standard InChI is InChI=1S/C21H14Cl3NO4/c22-11-12-1-7-15(8-2-12)29-19-10-18(24)17(23)9-16(19)20(26)25-14-5-3-13(4-6-14)21(27)28/h1-10H,11H2,(H,25,26)(H,27,28). The molecule has 0 fully saturated rings. The second-order valence-electron chi connectivity index (χ2n) is 5.98. The van der Waals surface area contributed by atoms with Crippen LogP contribution in [0.25, 0.3) is 0 Å². The van der Waals surface area contributed by atoms with E-state index in [9.17, 15) is 9.59 Å². The van der Waals surface area contributed by atoms with Gasteiger partial charge in [0.2, 0.25) is 0 Å². The summed E-state index contributed by atoms with van der Waals surface area (Å²) in [4.78, 5) is 23.7. The van der Waals surface area contributed by atoms with Gasteiger partial charge < -0.3 is 15.2 Å². The maximum Gasteiger partial charge on any atom is 0.335 e. The number of amides is 1. The van der Waals surface area contributed by atoms with Crippen molar-refractivity contribution in [1.29, 1.82) is 0 Å². The monoisotopic (exact) mass is 449 g/mol. The molecule has 0 aliphatic carbocycles. The minimum absolute atomic E-state index is 0.113. The molecule has 5 nitrogen and oxygen atoms in total. The molecule has 0 saturated heterocycles. The van der Waals surface area contributed by atoms with Gasteiger partial charge in [-0.2, -0.15) is 0 Å². The molecule has 0 saturated carbocycles. The number of alkyl halides is 1. The van der Waals surface area contributed by atoms with Crippen LogP contribution in [-0.4, -0.2) is 17.0 Å². The molecule has 8 heteroatoms. The zero-order valence-electron chi connectivity index (χ0n) is 14.8. The number of nitrogens with one attached hydrogen (secondary N) is 1. The van der Waals surface area contributed by atoms with Crippen LogP contribution in [0.1, 0.15) is 26.3 Å². The third kappa shape index (κ3) is 5.21. The van der Waals surface area contributed by atoms with Gasteiger partial charge in [-0.3, -0.25) is 4.79 Å². The van der Waals surface area contributed by atoms with E-state index in [1.807, 2.05) is 12.1 Å². The maximum atomic E-state index is 12.8. The average molecular weight is 451 g/mol. The average Bonchev–Trinajstić information content (AvgIpc) is 2.71. The molecule has 0 radical (unpaired) electrons. The summed E-state index contributed by atoms with van der Waals surface area (Å²) in [5, 5.41) is 12.1. The van der Waals surface area contributed by atoms with Gasteiger partial charge in [-0.1, -0.05) is 35.3 Å². The van der Waals surface area contributed by atoms with E-state index in [0.717, 1.165) is 5.56 Å². The number of rotatable bonds is 6. The Morgan fingerprint density at radius 2 is 1.55 bits per heavy atom. The van der Waals surface area contributed by atoms with Crippen LogP contribution < -0.4 is 10.1 Å². The number of carboxylic acid groups (broad SMARTS) is 1. The number of anilines is 1. The Balaban J connectivity index is 1.87. The van der Waals surface area contributed by atoms with Crippen LogP contribution in [0.3, 0.4) is 0 Å². The van der Waals surface area contributed by atoms with Gasteiger partial charge >= 0.3 is 5.97 Å². The van der Waals surface area contributed by atoms with Crippen molar-refractivity contribution in [2.45, 2.75) is 5.88 Å². The van der Waals surface area contributed by atoms with E-state index in [2.05, 4.69) is 5.32 Å². The lowest BCUT2D eigenvalue weighted by Gasteiger charge is -2.13. The van der Waals surface area contributed by atoms with E-state index in [1.54, 1.807) is 12.1 Å². The van der Waals surface area contributed by atoms with Gasteiger partial charge in [-0.25, -0.2) is 4.79 Å². The Morgan fingerprint density at radius 3 is 2.14 bits per heavy atom. The van der Waals surface area contributed by atoms with Gasteiger partial charge in [0.25, 0.3) is 5.91 Å². The summed E-state index contributed by atoms with van der Waals surface area (Å²) in [7, 11) is 0. The SMILES string of the molecule is O=C(O)c1ccc(NC(=O)c2cc(Cl)c(Cl)cc2Oc2ccc(CCl)cc2)cc1. The summed E-state index contributed by atoms with van der Waals surface area (Å²) < 4.78 is 5.83. The first-order valence-electron chi connectivity index (χ1n) is 8.34. The summed E-state index contributed by atoms with van der Waals surface area (Å²) >= 11 is 18.0. The molecular formula is C21H14Cl3NO4. The molecule has 0 aliphatic heterocycles. The molecule has 0 aromatic heterocycles. The van der Waals surface area contributed by atoms with Crippen LogP contribution in [0.2, 0.25) is 10.0 Å². The molecule has 0 aliphatic rings. The molecule has 3 rings (SSSR count). The van der Waals surface area contributed by atoms with Crippen LogP contribution in [0.5, 0.6) is 11.5 Å². The molecule has 29 heavy (non-hydrogen) atoms. The number of aromatic carboxylic acids is 1. The molecule has 0 atom stereocenters. The van der Waals surface area contributed by atoms with Crippen molar-refractivity contribution in [2.24, 2.45) is 0 Å². The van der Waals surface area contributed by atoms with Crippen LogP contribution >= 0.6 is 34.8 Å². The second-order valence-corrected chi connectivity index (χ2v) is 7.06. The van der Waals surface area contributed by atoms with Gasteiger partial charge in [-0.05, 0) is 48.0 Å². The van der Waals surface area contributed by atoms with Crippen molar-refractivity contribution >= 4 is 52.4 Å². The van der Waals surface area contributed by atoms with Crippen LogP contribution in [0, 0.1) is 0 Å². The number of carboxylic acids is 1. The number of carbonyl (C=O) groups is 2. The fraction of sp³-hybridized carbons (Fsp3) is 0.0476. The topological polar surface area (TPSA) is 75.6 Å². The molecular weight excluding hydrogens is 437 g/mol. The molecule has 3 aromatic carbocycles. The Labute approximate surface area is 181 Å². The second kappa shape index (κ2) is 9.18. The highest BCUT2D eigenvalue weighted by atomic mass is 35.5. The lowest BCUT2D eigenvalue weighted by molar-refractivity contribution is 0.0696. The third-order valence-electron chi connectivity index (χ3n) is 3.96. The van der Waals surface area contributed by atoms with E-state index in [1.165, 1.54) is 36.4 Å². The normalized spacial score (nSPS) is 10.4. The van der Waals surface area contributed by atoms with Gasteiger partial charge in [0.1, 0.15) is 11.5 Å².